The van der Waals surface area contributed by atoms with Gasteiger partial charge < -0.3 is 0 Å². The van der Waals surface area contributed by atoms with Gasteiger partial charge in [0.2, 0.25) is 0 Å². The Kier molecular flexibility index (Phi) is 2.61. The van der Waals surface area contributed by atoms with Gasteiger partial charge in [0.25, 0.3) is 0 Å². The van der Waals surface area contributed by atoms with E-state index in [-0.39, 0.29) is 5.38 Å². The molecule has 4 fully saturated rings. The van der Waals surface area contributed by atoms with Gasteiger partial charge in [0.15, 0.2) is 0 Å². The molecule has 4 bridgehead atoms. The summed E-state index contributed by atoms with van der Waals surface area (Å²) in [6.07, 6.45) is 8.40. The van der Waals surface area contributed by atoms with Gasteiger partial charge in [0.05, 0.1) is 5.38 Å². The first-order chi connectivity index (χ1) is 8.98. The summed E-state index contributed by atoms with van der Waals surface area (Å²) in [5.74, 6) is 1.87. The first-order valence-corrected chi connectivity index (χ1v) is 8.71. The summed E-state index contributed by atoms with van der Waals surface area (Å²) in [4.78, 5) is 0. The average molecular weight is 297 g/mol. The van der Waals surface area contributed by atoms with Crippen LogP contribution in [0.4, 0.5) is 0 Å². The van der Waals surface area contributed by atoms with Crippen molar-refractivity contribution in [2.24, 2.45) is 17.3 Å². The lowest BCUT2D eigenvalue weighted by atomic mass is 9.45. The summed E-state index contributed by atoms with van der Waals surface area (Å²) >= 11 is 7.93. The van der Waals surface area contributed by atoms with Crippen LogP contribution in [-0.2, 0) is 5.41 Å². The number of hydrogen-bond acceptors (Lipinski definition) is 3. The van der Waals surface area contributed by atoms with Gasteiger partial charge in [-0.1, -0.05) is 18.3 Å². The van der Waals surface area contributed by atoms with Crippen LogP contribution in [0, 0.1) is 17.3 Å². The Hall–Kier alpha value is -0.150. The van der Waals surface area contributed by atoms with Gasteiger partial charge in [0.1, 0.15) is 10.0 Å². The zero-order chi connectivity index (χ0) is 13.3. The topological polar surface area (TPSA) is 25.8 Å². The van der Waals surface area contributed by atoms with E-state index in [0.717, 1.165) is 16.8 Å². The van der Waals surface area contributed by atoms with E-state index in [0.29, 0.717) is 10.8 Å². The average Bonchev–Trinajstić information content (AvgIpc) is 2.74. The van der Waals surface area contributed by atoms with Crippen LogP contribution in [0.1, 0.15) is 67.8 Å². The summed E-state index contributed by atoms with van der Waals surface area (Å²) in [5.41, 5.74) is 0.920. The van der Waals surface area contributed by atoms with Gasteiger partial charge in [-0.2, -0.15) is 0 Å². The molecule has 1 aromatic rings. The van der Waals surface area contributed by atoms with E-state index in [1.807, 2.05) is 6.92 Å². The SMILES string of the molecule is CC(Cl)c1nnc(C23CC4CC(CC(C)(C4)C2)C3)s1. The molecule has 1 heterocycles. The maximum atomic E-state index is 6.16. The maximum absolute atomic E-state index is 6.16. The van der Waals surface area contributed by atoms with Gasteiger partial charge in [-0.3, -0.25) is 0 Å². The predicted octanol–water partition coefficient (Wildman–Crippen LogP) is 4.70. The minimum atomic E-state index is -0.00394. The van der Waals surface area contributed by atoms with Crippen molar-refractivity contribution < 1.29 is 0 Å². The molecule has 3 unspecified atom stereocenters. The molecule has 3 atom stereocenters. The van der Waals surface area contributed by atoms with Crippen molar-refractivity contribution in [2.75, 3.05) is 0 Å². The third-order valence-corrected chi connectivity index (χ3v) is 7.28. The van der Waals surface area contributed by atoms with Crippen LogP contribution in [-0.4, -0.2) is 10.2 Å². The van der Waals surface area contributed by atoms with Gasteiger partial charge in [-0.05, 0) is 62.7 Å². The molecule has 2 nitrogen and oxygen atoms in total. The van der Waals surface area contributed by atoms with Gasteiger partial charge >= 0.3 is 0 Å². The fraction of sp³-hybridized carbons (Fsp3) is 0.867. The monoisotopic (exact) mass is 296 g/mol. The molecule has 1 aromatic heterocycles. The van der Waals surface area contributed by atoms with E-state index >= 15 is 0 Å². The fourth-order valence-electron chi connectivity index (χ4n) is 5.58. The number of rotatable bonds is 2. The highest BCUT2D eigenvalue weighted by Crippen LogP contribution is 2.65. The quantitative estimate of drug-likeness (QED) is 0.740. The Morgan fingerprint density at radius 1 is 1.21 bits per heavy atom. The third-order valence-electron chi connectivity index (χ3n) is 5.59. The number of aromatic nitrogens is 2. The Labute approximate surface area is 124 Å². The normalized spacial score (nSPS) is 45.6. The van der Waals surface area contributed by atoms with E-state index in [1.165, 1.54) is 43.5 Å². The van der Waals surface area contributed by atoms with Crippen molar-refractivity contribution in [2.45, 2.75) is 63.2 Å². The highest BCUT2D eigenvalue weighted by Gasteiger charge is 2.57. The van der Waals surface area contributed by atoms with Crippen molar-refractivity contribution in [1.82, 2.24) is 10.2 Å². The zero-order valence-electron chi connectivity index (χ0n) is 11.7. The van der Waals surface area contributed by atoms with E-state index in [4.69, 9.17) is 11.6 Å². The van der Waals surface area contributed by atoms with E-state index in [1.54, 1.807) is 11.3 Å². The van der Waals surface area contributed by atoms with Crippen LogP contribution >= 0.6 is 22.9 Å². The minimum absolute atomic E-state index is 0.00394. The molecule has 0 saturated heterocycles. The van der Waals surface area contributed by atoms with Crippen LogP contribution in [0.2, 0.25) is 0 Å². The summed E-state index contributed by atoms with van der Waals surface area (Å²) in [6.45, 7) is 4.50. The first-order valence-electron chi connectivity index (χ1n) is 7.46. The third kappa shape index (κ3) is 1.88. The van der Waals surface area contributed by atoms with E-state index < -0.39 is 0 Å². The second kappa shape index (κ2) is 3.94. The van der Waals surface area contributed by atoms with Crippen molar-refractivity contribution in [3.8, 4) is 0 Å². The molecular weight excluding hydrogens is 276 g/mol. The van der Waals surface area contributed by atoms with Crippen LogP contribution in [0.15, 0.2) is 0 Å². The fourth-order valence-corrected chi connectivity index (χ4v) is 6.74. The maximum Gasteiger partial charge on any atom is 0.135 e. The standard InChI is InChI=1S/C15H21ClN2S/c1-9(16)12-17-18-13(19-12)15-6-10-3-11(7-15)5-14(2,4-10)8-15/h9-11H,3-8H2,1-2H3. The molecule has 0 N–H and O–H groups in total. The van der Waals surface area contributed by atoms with Crippen molar-refractivity contribution >= 4 is 22.9 Å². The highest BCUT2D eigenvalue weighted by atomic mass is 35.5. The molecular formula is C15H21ClN2S. The Morgan fingerprint density at radius 3 is 2.42 bits per heavy atom. The van der Waals surface area contributed by atoms with E-state index in [9.17, 15) is 0 Å². The second-order valence-electron chi connectivity index (χ2n) is 7.61. The van der Waals surface area contributed by atoms with Crippen LogP contribution in [0.25, 0.3) is 0 Å². The number of hydrogen-bond donors (Lipinski definition) is 0. The molecule has 4 aliphatic rings. The lowest BCUT2D eigenvalue weighted by Gasteiger charge is -2.60. The second-order valence-corrected chi connectivity index (χ2v) is 9.28. The first kappa shape index (κ1) is 12.6. The summed E-state index contributed by atoms with van der Waals surface area (Å²) in [6, 6.07) is 0. The number of alkyl halides is 1. The summed E-state index contributed by atoms with van der Waals surface area (Å²) in [5, 5.41) is 11.2. The van der Waals surface area contributed by atoms with Crippen molar-refractivity contribution in [3.63, 3.8) is 0 Å². The minimum Gasteiger partial charge on any atom is -0.143 e. The van der Waals surface area contributed by atoms with Gasteiger partial charge in [-0.25, -0.2) is 0 Å². The lowest BCUT2D eigenvalue weighted by molar-refractivity contribution is -0.0618. The molecule has 4 heteroatoms. The lowest BCUT2D eigenvalue weighted by Crippen LogP contribution is -2.52. The molecule has 0 aromatic carbocycles. The molecule has 4 saturated carbocycles. The van der Waals surface area contributed by atoms with Crippen LogP contribution in [0.3, 0.4) is 0 Å². The number of nitrogens with zero attached hydrogens (tertiary/aromatic N) is 2. The van der Waals surface area contributed by atoms with Crippen molar-refractivity contribution in [3.05, 3.63) is 10.0 Å². The molecule has 0 amide bonds. The molecule has 19 heavy (non-hydrogen) atoms. The number of halogens is 1. The largest absolute Gasteiger partial charge is 0.143 e. The smallest absolute Gasteiger partial charge is 0.135 e. The Morgan fingerprint density at radius 2 is 1.89 bits per heavy atom. The Bertz CT molecular complexity index is 496. The molecule has 0 spiro atoms. The van der Waals surface area contributed by atoms with E-state index in [2.05, 4.69) is 17.1 Å². The summed E-state index contributed by atoms with van der Waals surface area (Å²) in [7, 11) is 0. The van der Waals surface area contributed by atoms with Crippen LogP contribution < -0.4 is 0 Å². The predicted molar refractivity (Wildman–Crippen MR) is 78.6 cm³/mol. The van der Waals surface area contributed by atoms with Gasteiger partial charge in [0, 0.05) is 5.41 Å². The Balaban J connectivity index is 1.73. The molecule has 0 radical (unpaired) electrons. The molecule has 5 rings (SSSR count). The zero-order valence-corrected chi connectivity index (χ0v) is 13.2. The van der Waals surface area contributed by atoms with Crippen molar-refractivity contribution in [1.29, 1.82) is 0 Å². The molecule has 0 aliphatic heterocycles. The molecule has 104 valence electrons. The summed E-state index contributed by atoms with van der Waals surface area (Å²) < 4.78 is 0. The highest BCUT2D eigenvalue weighted by molar-refractivity contribution is 7.11. The van der Waals surface area contributed by atoms with Gasteiger partial charge in [-0.15, -0.1) is 21.8 Å². The van der Waals surface area contributed by atoms with Crippen LogP contribution in [0.5, 0.6) is 0 Å². The molecule has 4 aliphatic carbocycles.